The van der Waals surface area contributed by atoms with E-state index < -0.39 is 62.5 Å². The molecule has 6 nitrogen and oxygen atoms in total. The third-order valence-electron chi connectivity index (χ3n) is 8.32. The van der Waals surface area contributed by atoms with Gasteiger partial charge in [0.1, 0.15) is 17.6 Å². The van der Waals surface area contributed by atoms with Crippen LogP contribution in [0.15, 0.2) is 18.2 Å². The summed E-state index contributed by atoms with van der Waals surface area (Å²) in [6, 6.07) is 2.83. The van der Waals surface area contributed by atoms with Gasteiger partial charge >= 0.3 is 39.4 Å². The molecule has 16 heteroatoms. The van der Waals surface area contributed by atoms with Crippen LogP contribution in [-0.2, 0) is 30.9 Å². The average molecular weight is 610 g/mol. The molecule has 4 rings (SSSR count). The molecule has 2 saturated carbocycles. The van der Waals surface area contributed by atoms with Crippen LogP contribution in [0.2, 0.25) is 0 Å². The number of ether oxygens (including phenoxy) is 1. The first-order valence-electron chi connectivity index (χ1n) is 12.1. The van der Waals surface area contributed by atoms with Crippen molar-refractivity contribution in [3.63, 3.8) is 0 Å². The number of hydrogen-bond donors (Lipinski definition) is 0. The normalized spacial score (nSPS) is 29.3. The number of carbonyl (C=O) groups excluding carboxylic acids is 2. The van der Waals surface area contributed by atoms with Crippen LogP contribution in [0.5, 0.6) is 5.75 Å². The fraction of sp³-hybridized carbons (Fsp3) is 0.667. The lowest BCUT2D eigenvalue weighted by atomic mass is 9.54. The molecule has 0 radical (unpaired) electrons. The summed E-state index contributed by atoms with van der Waals surface area (Å²) in [5.74, 6) is -17.2. The number of fused-ring (bicyclic) bond motifs is 5. The Labute approximate surface area is 222 Å². The van der Waals surface area contributed by atoms with E-state index in [0.29, 0.717) is 24.8 Å². The molecule has 1 unspecified atom stereocenters. The van der Waals surface area contributed by atoms with Crippen molar-refractivity contribution in [1.29, 1.82) is 0 Å². The Morgan fingerprint density at radius 3 is 2.17 bits per heavy atom. The van der Waals surface area contributed by atoms with Crippen molar-refractivity contribution in [2.24, 2.45) is 17.3 Å². The summed E-state index contributed by atoms with van der Waals surface area (Å²) in [7, 11) is -7.09. The number of ketones is 1. The molecule has 0 aliphatic heterocycles. The molecule has 0 heterocycles. The monoisotopic (exact) mass is 610 g/mol. The zero-order valence-electron chi connectivity index (χ0n) is 20.8. The molecule has 1 aromatic carbocycles. The second kappa shape index (κ2) is 9.24. The van der Waals surface area contributed by atoms with E-state index in [4.69, 9.17) is 4.74 Å². The number of alkyl halides is 9. The van der Waals surface area contributed by atoms with E-state index in [0.717, 1.165) is 12.1 Å². The standard InChI is InChI=1S/C24H23F9O6S/c1-11(34)38-17-10-20(2)16(7-8-18(20)35)15-5-3-12-9-13(4-6-14(12)19(15)17)39-40(36,37)24(32,33)22(27,28)21(25,26)23(29,30)31/h4,6,9,15-17,19H,3,5,7-8,10H2,1-2H3/t15?,16-,17+,19+,20-/m0/s1. The maximum Gasteiger partial charge on any atom is 0.460 e. The summed E-state index contributed by atoms with van der Waals surface area (Å²) in [4.78, 5) is 24.5. The van der Waals surface area contributed by atoms with Crippen LogP contribution >= 0.6 is 0 Å². The Morgan fingerprint density at radius 1 is 0.975 bits per heavy atom. The predicted molar refractivity (Wildman–Crippen MR) is 117 cm³/mol. The molecular weight excluding hydrogens is 587 g/mol. The Bertz CT molecular complexity index is 1330. The Morgan fingerprint density at radius 2 is 1.60 bits per heavy atom. The highest BCUT2D eigenvalue weighted by Gasteiger charge is 2.86. The summed E-state index contributed by atoms with van der Waals surface area (Å²) in [5.41, 5.74) is 0.00893. The van der Waals surface area contributed by atoms with Gasteiger partial charge < -0.3 is 8.92 Å². The van der Waals surface area contributed by atoms with Crippen molar-refractivity contribution in [1.82, 2.24) is 0 Å². The van der Waals surface area contributed by atoms with Crippen LogP contribution in [0.4, 0.5) is 39.5 Å². The van der Waals surface area contributed by atoms with Crippen molar-refractivity contribution in [2.45, 2.75) is 81.2 Å². The smallest absolute Gasteiger partial charge is 0.460 e. The number of benzene rings is 1. The van der Waals surface area contributed by atoms with Crippen molar-refractivity contribution in [3.05, 3.63) is 29.3 Å². The van der Waals surface area contributed by atoms with Crippen LogP contribution in [-0.4, -0.2) is 49.6 Å². The topological polar surface area (TPSA) is 86.7 Å². The lowest BCUT2D eigenvalue weighted by Crippen LogP contribution is -2.63. The zero-order valence-corrected chi connectivity index (χ0v) is 21.7. The number of halogens is 9. The van der Waals surface area contributed by atoms with Crippen molar-refractivity contribution >= 4 is 21.9 Å². The molecular formula is C24H23F9O6S. The number of carbonyl (C=O) groups is 2. The zero-order chi connectivity index (χ0) is 30.3. The van der Waals surface area contributed by atoms with Gasteiger partial charge in [-0.3, -0.25) is 9.59 Å². The first-order valence-corrected chi connectivity index (χ1v) is 13.5. The molecule has 0 aromatic heterocycles. The van der Waals surface area contributed by atoms with Gasteiger partial charge in [0.25, 0.3) is 0 Å². The van der Waals surface area contributed by atoms with Gasteiger partial charge in [0.05, 0.1) is 0 Å². The minimum atomic E-state index is -7.41. The van der Waals surface area contributed by atoms with Gasteiger partial charge in [0, 0.05) is 24.7 Å². The van der Waals surface area contributed by atoms with Gasteiger partial charge in [-0.2, -0.15) is 47.9 Å². The summed E-state index contributed by atoms with van der Waals surface area (Å²) in [6.45, 7) is 2.97. The molecule has 0 bridgehead atoms. The third kappa shape index (κ3) is 4.35. The van der Waals surface area contributed by atoms with E-state index in [1.807, 2.05) is 0 Å². The lowest BCUT2D eigenvalue weighted by molar-refractivity contribution is -0.382. The number of esters is 1. The van der Waals surface area contributed by atoms with E-state index in [1.165, 1.54) is 13.0 Å². The molecule has 40 heavy (non-hydrogen) atoms. The van der Waals surface area contributed by atoms with E-state index in [2.05, 4.69) is 4.18 Å². The number of Topliss-reactive ketones (excluding diaryl/α,β-unsaturated/α-hetero) is 1. The first kappa shape index (κ1) is 30.4. The van der Waals surface area contributed by atoms with Gasteiger partial charge in [-0.15, -0.1) is 0 Å². The van der Waals surface area contributed by atoms with Crippen molar-refractivity contribution in [3.8, 4) is 5.75 Å². The fourth-order valence-corrected chi connectivity index (χ4v) is 7.36. The number of hydrogen-bond acceptors (Lipinski definition) is 6. The average Bonchev–Trinajstić information content (AvgIpc) is 3.10. The molecule has 0 N–H and O–H groups in total. The van der Waals surface area contributed by atoms with Gasteiger partial charge in [-0.05, 0) is 60.8 Å². The van der Waals surface area contributed by atoms with E-state index >= 15 is 0 Å². The SMILES string of the molecule is CC(=O)O[C@@H]1C[C@]2(C)C(=O)CC[C@H]2C2CCc3cc(OS(=O)(=O)C(F)(F)C(F)(F)C(F)(F)C(F)(F)F)ccc3[C@H]21. The maximum atomic E-state index is 14.1. The van der Waals surface area contributed by atoms with Crippen molar-refractivity contribution < 1.29 is 66.4 Å². The highest BCUT2D eigenvalue weighted by molar-refractivity contribution is 7.88. The van der Waals surface area contributed by atoms with Crippen LogP contribution in [0.1, 0.15) is 56.6 Å². The molecule has 5 atom stereocenters. The van der Waals surface area contributed by atoms with Crippen LogP contribution < -0.4 is 4.18 Å². The Kier molecular flexibility index (Phi) is 7.03. The molecule has 0 spiro atoms. The Balaban J connectivity index is 1.67. The van der Waals surface area contributed by atoms with Gasteiger partial charge in [0.2, 0.25) is 0 Å². The van der Waals surface area contributed by atoms with Crippen LogP contribution in [0.25, 0.3) is 0 Å². The second-order valence-electron chi connectivity index (χ2n) is 10.6. The maximum absolute atomic E-state index is 14.1. The number of aryl methyl sites for hydroxylation is 1. The molecule has 224 valence electrons. The molecule has 3 aliphatic carbocycles. The van der Waals surface area contributed by atoms with E-state index in [9.17, 15) is 57.5 Å². The van der Waals surface area contributed by atoms with Crippen molar-refractivity contribution in [2.75, 3.05) is 0 Å². The number of rotatable bonds is 6. The fourth-order valence-electron chi connectivity index (χ4n) is 6.45. The van der Waals surface area contributed by atoms with Crippen LogP contribution in [0.3, 0.4) is 0 Å². The minimum Gasteiger partial charge on any atom is -0.462 e. The summed E-state index contributed by atoms with van der Waals surface area (Å²) in [6.07, 6.45) is -6.32. The highest BCUT2D eigenvalue weighted by atomic mass is 32.2. The molecule has 1 aromatic rings. The highest BCUT2D eigenvalue weighted by Crippen LogP contribution is 2.60. The molecule has 2 fully saturated rings. The third-order valence-corrected chi connectivity index (χ3v) is 9.61. The minimum absolute atomic E-state index is 0.0293. The molecule has 0 amide bonds. The summed E-state index contributed by atoms with van der Waals surface area (Å²) >= 11 is 0. The second-order valence-corrected chi connectivity index (χ2v) is 12.2. The lowest BCUT2D eigenvalue weighted by Gasteiger charge is -2.51. The molecule has 0 saturated heterocycles. The van der Waals surface area contributed by atoms with Gasteiger partial charge in [-0.1, -0.05) is 13.0 Å². The summed E-state index contributed by atoms with van der Waals surface area (Å²) in [5, 5.41) is -6.98. The quantitative estimate of drug-likeness (QED) is 0.231. The van der Waals surface area contributed by atoms with E-state index in [1.54, 1.807) is 6.92 Å². The Hall–Kier alpha value is -2.52. The van der Waals surface area contributed by atoms with Crippen LogP contribution in [0, 0.1) is 17.3 Å². The molecule has 3 aliphatic rings. The first-order chi connectivity index (χ1) is 18.1. The van der Waals surface area contributed by atoms with Gasteiger partial charge in [-0.25, -0.2) is 0 Å². The van der Waals surface area contributed by atoms with E-state index in [-0.39, 0.29) is 36.0 Å². The predicted octanol–water partition coefficient (Wildman–Crippen LogP) is 5.79. The largest absolute Gasteiger partial charge is 0.462 e. The van der Waals surface area contributed by atoms with Gasteiger partial charge in [0.15, 0.2) is 0 Å². The summed E-state index contributed by atoms with van der Waals surface area (Å²) < 4.78 is 153.